The van der Waals surface area contributed by atoms with Gasteiger partial charge in [0.1, 0.15) is 11.4 Å². The Hall–Kier alpha value is -4.41. The number of esters is 1. The molecule has 1 N–H and O–H groups in total. The van der Waals surface area contributed by atoms with Gasteiger partial charge >= 0.3 is 12.3 Å². The standard InChI is InChI=1S/C27H24F3N3O5/c1-37-26(36)22-12-11-18(15-31-22)25(35)33-14-13-21(20(16-33)17-7-3-2-4-8-17)32-24(34)19-9-5-6-10-23(19)38-27(28,29)30/h2-12,15,20-21H,13-14,16H2,1H3,(H,32,34)/t20-,21-/m1/s1. The summed E-state index contributed by atoms with van der Waals surface area (Å²) in [5.74, 6) is -2.56. The Labute approximate surface area is 216 Å². The molecule has 2 heterocycles. The van der Waals surface area contributed by atoms with Crippen LogP contribution in [-0.4, -0.2) is 60.3 Å². The summed E-state index contributed by atoms with van der Waals surface area (Å²) < 4.78 is 47.2. The number of halogens is 3. The second kappa shape index (κ2) is 11.3. The highest BCUT2D eigenvalue weighted by atomic mass is 19.4. The normalized spacial score (nSPS) is 17.4. The third kappa shape index (κ3) is 6.28. The predicted octanol–water partition coefficient (Wildman–Crippen LogP) is 4.20. The van der Waals surface area contributed by atoms with Crippen LogP contribution in [0.4, 0.5) is 13.2 Å². The lowest BCUT2D eigenvalue weighted by atomic mass is 9.85. The van der Waals surface area contributed by atoms with Crippen LogP contribution in [0.5, 0.6) is 5.75 Å². The van der Waals surface area contributed by atoms with E-state index in [0.717, 1.165) is 11.6 Å². The number of pyridine rings is 1. The third-order valence-corrected chi connectivity index (χ3v) is 6.21. The Morgan fingerprint density at radius 1 is 1.00 bits per heavy atom. The maximum Gasteiger partial charge on any atom is 0.573 e. The van der Waals surface area contributed by atoms with Gasteiger partial charge in [-0.2, -0.15) is 0 Å². The fraction of sp³-hybridized carbons (Fsp3) is 0.259. The summed E-state index contributed by atoms with van der Waals surface area (Å²) in [6, 6.07) is 16.8. The van der Waals surface area contributed by atoms with Crippen molar-refractivity contribution in [3.05, 3.63) is 95.3 Å². The summed E-state index contributed by atoms with van der Waals surface area (Å²) in [6.07, 6.45) is -3.29. The molecule has 1 aliphatic heterocycles. The molecule has 2 aromatic carbocycles. The number of amides is 2. The number of aromatic nitrogens is 1. The van der Waals surface area contributed by atoms with E-state index in [4.69, 9.17) is 0 Å². The van der Waals surface area contributed by atoms with Crippen molar-refractivity contribution < 1.29 is 37.0 Å². The fourth-order valence-electron chi connectivity index (χ4n) is 4.39. The van der Waals surface area contributed by atoms with Gasteiger partial charge in [-0.05, 0) is 36.2 Å². The Morgan fingerprint density at radius 2 is 1.71 bits per heavy atom. The first-order chi connectivity index (χ1) is 18.2. The molecule has 1 fully saturated rings. The van der Waals surface area contributed by atoms with E-state index < -0.39 is 30.0 Å². The monoisotopic (exact) mass is 527 g/mol. The molecule has 0 unspecified atom stereocenters. The fourth-order valence-corrected chi connectivity index (χ4v) is 4.39. The number of nitrogens with one attached hydrogen (secondary N) is 1. The van der Waals surface area contributed by atoms with Gasteiger partial charge in [-0.3, -0.25) is 9.59 Å². The van der Waals surface area contributed by atoms with Crippen LogP contribution in [0.3, 0.4) is 0 Å². The van der Waals surface area contributed by atoms with Gasteiger partial charge < -0.3 is 19.7 Å². The van der Waals surface area contributed by atoms with Crippen LogP contribution in [0.2, 0.25) is 0 Å². The van der Waals surface area contributed by atoms with Crippen molar-refractivity contribution in [1.29, 1.82) is 0 Å². The number of rotatable bonds is 6. The molecule has 38 heavy (non-hydrogen) atoms. The Balaban J connectivity index is 1.54. The van der Waals surface area contributed by atoms with Gasteiger partial charge in [0.25, 0.3) is 11.8 Å². The smallest absolute Gasteiger partial charge is 0.464 e. The first-order valence-corrected chi connectivity index (χ1v) is 11.7. The molecule has 0 bridgehead atoms. The molecule has 11 heteroatoms. The zero-order valence-corrected chi connectivity index (χ0v) is 20.3. The molecule has 1 aromatic heterocycles. The lowest BCUT2D eigenvalue weighted by Crippen LogP contribution is -2.51. The molecule has 198 valence electrons. The van der Waals surface area contributed by atoms with Gasteiger partial charge in [-0.15, -0.1) is 13.2 Å². The third-order valence-electron chi connectivity index (χ3n) is 6.21. The lowest BCUT2D eigenvalue weighted by Gasteiger charge is -2.39. The Bertz CT molecular complexity index is 1300. The van der Waals surface area contributed by atoms with Gasteiger partial charge in [0.2, 0.25) is 0 Å². The molecule has 0 aliphatic carbocycles. The summed E-state index contributed by atoms with van der Waals surface area (Å²) in [4.78, 5) is 43.5. The zero-order chi connectivity index (χ0) is 27.3. The SMILES string of the molecule is COC(=O)c1ccc(C(=O)N2CC[C@@H](NC(=O)c3ccccc3OC(F)(F)F)[C@@H](c3ccccc3)C2)cn1. The van der Waals surface area contributed by atoms with E-state index in [9.17, 15) is 27.6 Å². The number of ether oxygens (including phenoxy) is 2. The second-order valence-corrected chi connectivity index (χ2v) is 8.60. The molecule has 1 saturated heterocycles. The molecular formula is C27H24F3N3O5. The average Bonchev–Trinajstić information content (AvgIpc) is 2.92. The van der Waals surface area contributed by atoms with E-state index in [2.05, 4.69) is 19.8 Å². The predicted molar refractivity (Wildman–Crippen MR) is 130 cm³/mol. The second-order valence-electron chi connectivity index (χ2n) is 8.60. The Morgan fingerprint density at radius 3 is 2.37 bits per heavy atom. The van der Waals surface area contributed by atoms with Crippen LogP contribution < -0.4 is 10.1 Å². The van der Waals surface area contributed by atoms with Crippen molar-refractivity contribution in [1.82, 2.24) is 15.2 Å². The minimum Gasteiger partial charge on any atom is -0.464 e. The Kier molecular flexibility index (Phi) is 7.94. The van der Waals surface area contributed by atoms with Crippen molar-refractivity contribution in [2.24, 2.45) is 0 Å². The lowest BCUT2D eigenvalue weighted by molar-refractivity contribution is -0.274. The van der Waals surface area contributed by atoms with Crippen molar-refractivity contribution in [3.63, 3.8) is 0 Å². The number of alkyl halides is 3. The molecule has 0 saturated carbocycles. The zero-order valence-electron chi connectivity index (χ0n) is 20.3. The highest BCUT2D eigenvalue weighted by Crippen LogP contribution is 2.30. The average molecular weight is 527 g/mol. The van der Waals surface area contributed by atoms with Gasteiger partial charge in [0, 0.05) is 31.2 Å². The quantitative estimate of drug-likeness (QED) is 0.483. The van der Waals surface area contributed by atoms with Crippen LogP contribution in [0, 0.1) is 0 Å². The minimum absolute atomic E-state index is 0.0717. The van der Waals surface area contributed by atoms with Gasteiger partial charge in [-0.1, -0.05) is 42.5 Å². The summed E-state index contributed by atoms with van der Waals surface area (Å²) in [5, 5.41) is 2.85. The number of carbonyl (C=O) groups is 3. The van der Waals surface area contributed by atoms with E-state index in [1.807, 2.05) is 30.3 Å². The molecule has 2 amide bonds. The summed E-state index contributed by atoms with van der Waals surface area (Å²) in [6.45, 7) is 0.528. The molecule has 2 atom stereocenters. The number of nitrogens with zero attached hydrogens (tertiary/aromatic N) is 2. The van der Waals surface area contributed by atoms with Crippen LogP contribution in [-0.2, 0) is 4.74 Å². The maximum absolute atomic E-state index is 13.2. The maximum atomic E-state index is 13.2. The van der Waals surface area contributed by atoms with Crippen molar-refractivity contribution >= 4 is 17.8 Å². The van der Waals surface area contributed by atoms with E-state index in [1.54, 1.807) is 4.90 Å². The van der Waals surface area contributed by atoms with Crippen LogP contribution >= 0.6 is 0 Å². The molecule has 1 aliphatic rings. The molecular weight excluding hydrogens is 503 g/mol. The number of piperidine rings is 1. The molecule has 4 rings (SSSR count). The largest absolute Gasteiger partial charge is 0.573 e. The number of hydrogen-bond donors (Lipinski definition) is 1. The molecule has 0 radical (unpaired) electrons. The number of hydrogen-bond acceptors (Lipinski definition) is 6. The first-order valence-electron chi connectivity index (χ1n) is 11.7. The van der Waals surface area contributed by atoms with Crippen LogP contribution in [0.25, 0.3) is 0 Å². The summed E-state index contributed by atoms with van der Waals surface area (Å²) in [5.41, 5.74) is 0.966. The van der Waals surface area contributed by atoms with Crippen molar-refractivity contribution in [2.45, 2.75) is 24.7 Å². The molecule has 8 nitrogen and oxygen atoms in total. The topological polar surface area (TPSA) is 97.8 Å². The number of methoxy groups -OCH3 is 1. The number of para-hydroxylation sites is 1. The molecule has 3 aromatic rings. The highest BCUT2D eigenvalue weighted by molar-refractivity contribution is 5.97. The van der Waals surface area contributed by atoms with E-state index in [0.29, 0.717) is 6.42 Å². The minimum atomic E-state index is -4.95. The van der Waals surface area contributed by atoms with Crippen molar-refractivity contribution in [2.75, 3.05) is 20.2 Å². The van der Waals surface area contributed by atoms with Gasteiger partial charge in [0.05, 0.1) is 18.2 Å². The van der Waals surface area contributed by atoms with Gasteiger partial charge in [-0.25, -0.2) is 9.78 Å². The number of benzene rings is 2. The van der Waals surface area contributed by atoms with Crippen LogP contribution in [0.1, 0.15) is 49.1 Å². The van der Waals surface area contributed by atoms with E-state index in [-0.39, 0.29) is 41.7 Å². The summed E-state index contributed by atoms with van der Waals surface area (Å²) >= 11 is 0. The number of carbonyl (C=O) groups excluding carboxylic acids is 3. The van der Waals surface area contributed by atoms with Crippen LogP contribution in [0.15, 0.2) is 72.9 Å². The van der Waals surface area contributed by atoms with E-state index in [1.165, 1.54) is 43.6 Å². The summed E-state index contributed by atoms with van der Waals surface area (Å²) in [7, 11) is 1.23. The first kappa shape index (κ1) is 26.6. The number of likely N-dealkylation sites (tertiary alicyclic amines) is 1. The van der Waals surface area contributed by atoms with Gasteiger partial charge in [0.15, 0.2) is 0 Å². The highest BCUT2D eigenvalue weighted by Gasteiger charge is 2.36. The van der Waals surface area contributed by atoms with Crippen molar-refractivity contribution in [3.8, 4) is 5.75 Å². The molecule has 0 spiro atoms. The van der Waals surface area contributed by atoms with E-state index >= 15 is 0 Å².